The van der Waals surface area contributed by atoms with E-state index in [0.717, 1.165) is 0 Å². The van der Waals surface area contributed by atoms with Gasteiger partial charge in [0.05, 0.1) is 5.60 Å². The molecule has 1 fully saturated rings. The van der Waals surface area contributed by atoms with Crippen LogP contribution in [0.1, 0.15) is 27.2 Å². The Bertz CT molecular complexity index is 198. The van der Waals surface area contributed by atoms with Gasteiger partial charge in [-0.1, -0.05) is 6.92 Å². The van der Waals surface area contributed by atoms with Gasteiger partial charge in [-0.15, -0.1) is 0 Å². The fourth-order valence-corrected chi connectivity index (χ4v) is 2.35. The van der Waals surface area contributed by atoms with Crippen molar-refractivity contribution >= 4 is 0 Å². The van der Waals surface area contributed by atoms with Crippen molar-refractivity contribution in [3.8, 4) is 0 Å². The second kappa shape index (κ2) is 5.99. The summed E-state index contributed by atoms with van der Waals surface area (Å²) in [6.45, 7) is 12.6. The Labute approximate surface area is 101 Å². The zero-order valence-corrected chi connectivity index (χ0v) is 11.6. The third-order valence-corrected chi connectivity index (χ3v) is 4.08. The molecule has 0 N–H and O–H groups in total. The fourth-order valence-electron chi connectivity index (χ4n) is 2.35. The molecule has 1 aliphatic rings. The second-order valence-corrected chi connectivity index (χ2v) is 5.52. The van der Waals surface area contributed by atoms with Crippen LogP contribution in [0.5, 0.6) is 0 Å². The molecule has 0 aromatic carbocycles. The Morgan fingerprint density at radius 2 is 1.75 bits per heavy atom. The fraction of sp³-hybridized carbons (Fsp3) is 1.00. The maximum atomic E-state index is 5.62. The van der Waals surface area contributed by atoms with Gasteiger partial charge in [-0.25, -0.2) is 0 Å². The molecule has 0 spiro atoms. The Morgan fingerprint density at radius 3 is 2.19 bits per heavy atom. The van der Waals surface area contributed by atoms with Crippen molar-refractivity contribution in [2.75, 3.05) is 46.9 Å². The average Bonchev–Trinajstić information content (AvgIpc) is 2.28. The molecule has 1 atom stereocenters. The number of rotatable bonds is 5. The summed E-state index contributed by atoms with van der Waals surface area (Å²) in [7, 11) is 4.03. The summed E-state index contributed by atoms with van der Waals surface area (Å²) in [5.41, 5.74) is -0.00189. The molecule has 1 unspecified atom stereocenters. The molecule has 1 rings (SSSR count). The lowest BCUT2D eigenvalue weighted by atomic mass is 9.88. The summed E-state index contributed by atoms with van der Waals surface area (Å²) >= 11 is 0. The van der Waals surface area contributed by atoms with E-state index in [1.807, 2.05) is 7.11 Å². The molecule has 0 aromatic rings. The van der Waals surface area contributed by atoms with Crippen molar-refractivity contribution in [1.29, 1.82) is 0 Å². The van der Waals surface area contributed by atoms with E-state index in [0.29, 0.717) is 5.92 Å². The van der Waals surface area contributed by atoms with Crippen LogP contribution >= 0.6 is 0 Å². The number of nitrogens with zero attached hydrogens (tertiary/aromatic N) is 2. The molecule has 3 heteroatoms. The molecule has 0 aromatic heterocycles. The first-order chi connectivity index (χ1) is 7.49. The monoisotopic (exact) mass is 228 g/mol. The minimum atomic E-state index is -0.00189. The highest BCUT2D eigenvalue weighted by atomic mass is 16.5. The van der Waals surface area contributed by atoms with Crippen LogP contribution < -0.4 is 0 Å². The lowest BCUT2D eigenvalue weighted by Crippen LogP contribution is -2.49. The van der Waals surface area contributed by atoms with Gasteiger partial charge in [0.1, 0.15) is 0 Å². The smallest absolute Gasteiger partial charge is 0.0662 e. The van der Waals surface area contributed by atoms with E-state index in [1.54, 1.807) is 0 Å². The molecule has 0 saturated carbocycles. The van der Waals surface area contributed by atoms with E-state index < -0.39 is 0 Å². The standard InChI is InChI=1S/C13H28N2O/c1-6-12(13(2,3)16-5)11-15-9-7-14(4)8-10-15/h12H,6-11H2,1-5H3. The van der Waals surface area contributed by atoms with Crippen LogP contribution in [0.2, 0.25) is 0 Å². The van der Waals surface area contributed by atoms with Crippen molar-refractivity contribution in [2.24, 2.45) is 5.92 Å². The van der Waals surface area contributed by atoms with E-state index in [4.69, 9.17) is 4.74 Å². The quantitative estimate of drug-likeness (QED) is 0.712. The molecule has 3 nitrogen and oxygen atoms in total. The molecule has 0 radical (unpaired) electrons. The van der Waals surface area contributed by atoms with E-state index >= 15 is 0 Å². The van der Waals surface area contributed by atoms with Crippen LogP contribution in [0.3, 0.4) is 0 Å². The van der Waals surface area contributed by atoms with Crippen LogP contribution in [-0.4, -0.2) is 62.3 Å². The topological polar surface area (TPSA) is 15.7 Å². The number of hydrogen-bond acceptors (Lipinski definition) is 3. The average molecular weight is 228 g/mol. The van der Waals surface area contributed by atoms with Gasteiger partial charge in [-0.05, 0) is 33.2 Å². The Morgan fingerprint density at radius 1 is 1.19 bits per heavy atom. The summed E-state index contributed by atoms with van der Waals surface area (Å²) in [4.78, 5) is 4.98. The molecule has 1 heterocycles. The van der Waals surface area contributed by atoms with Gasteiger partial charge in [0, 0.05) is 39.8 Å². The lowest BCUT2D eigenvalue weighted by Gasteiger charge is -2.39. The van der Waals surface area contributed by atoms with Crippen LogP contribution in [0.15, 0.2) is 0 Å². The van der Waals surface area contributed by atoms with E-state index in [9.17, 15) is 0 Å². The van der Waals surface area contributed by atoms with Crippen molar-refractivity contribution in [1.82, 2.24) is 9.80 Å². The number of piperazine rings is 1. The predicted octanol–water partition coefficient (Wildman–Crippen LogP) is 1.69. The summed E-state index contributed by atoms with van der Waals surface area (Å²) in [5.74, 6) is 0.626. The van der Waals surface area contributed by atoms with Gasteiger partial charge >= 0.3 is 0 Å². The predicted molar refractivity (Wildman–Crippen MR) is 68.8 cm³/mol. The van der Waals surface area contributed by atoms with Crippen LogP contribution in [0, 0.1) is 5.92 Å². The largest absolute Gasteiger partial charge is 0.378 e. The molecular formula is C13H28N2O. The molecular weight excluding hydrogens is 200 g/mol. The van der Waals surface area contributed by atoms with Crippen molar-refractivity contribution in [3.63, 3.8) is 0 Å². The molecule has 0 amide bonds. The second-order valence-electron chi connectivity index (χ2n) is 5.52. The molecule has 0 aliphatic carbocycles. The van der Waals surface area contributed by atoms with Crippen molar-refractivity contribution in [2.45, 2.75) is 32.8 Å². The summed E-state index contributed by atoms with van der Waals surface area (Å²) in [6.07, 6.45) is 1.19. The number of likely N-dealkylation sites (N-methyl/N-ethyl adjacent to an activating group) is 1. The third kappa shape index (κ3) is 3.72. The molecule has 0 bridgehead atoms. The highest BCUT2D eigenvalue weighted by Gasteiger charge is 2.30. The Balaban J connectivity index is 2.44. The Hall–Kier alpha value is -0.120. The number of hydrogen-bond donors (Lipinski definition) is 0. The number of methoxy groups -OCH3 is 1. The highest BCUT2D eigenvalue weighted by Crippen LogP contribution is 2.24. The third-order valence-electron chi connectivity index (χ3n) is 4.08. The van der Waals surface area contributed by atoms with E-state index in [1.165, 1.54) is 39.1 Å². The summed E-state index contributed by atoms with van der Waals surface area (Å²) < 4.78 is 5.62. The minimum Gasteiger partial charge on any atom is -0.378 e. The van der Waals surface area contributed by atoms with Crippen LogP contribution in [-0.2, 0) is 4.74 Å². The number of ether oxygens (including phenoxy) is 1. The van der Waals surface area contributed by atoms with Crippen molar-refractivity contribution in [3.05, 3.63) is 0 Å². The molecule has 96 valence electrons. The maximum Gasteiger partial charge on any atom is 0.0662 e. The normalized spacial score (nSPS) is 22.3. The van der Waals surface area contributed by atoms with Gasteiger partial charge in [0.15, 0.2) is 0 Å². The lowest BCUT2D eigenvalue weighted by molar-refractivity contribution is -0.0434. The molecule has 1 aliphatic heterocycles. The first-order valence-corrected chi connectivity index (χ1v) is 6.45. The first kappa shape index (κ1) is 13.9. The van der Waals surface area contributed by atoms with Gasteiger partial charge in [-0.3, -0.25) is 0 Å². The zero-order chi connectivity index (χ0) is 12.2. The Kier molecular flexibility index (Phi) is 5.22. The SMILES string of the molecule is CCC(CN1CCN(C)CC1)C(C)(C)OC. The molecule has 16 heavy (non-hydrogen) atoms. The maximum absolute atomic E-state index is 5.62. The highest BCUT2D eigenvalue weighted by molar-refractivity contribution is 4.82. The van der Waals surface area contributed by atoms with Gasteiger partial charge in [0.25, 0.3) is 0 Å². The van der Waals surface area contributed by atoms with Crippen LogP contribution in [0.25, 0.3) is 0 Å². The van der Waals surface area contributed by atoms with E-state index in [-0.39, 0.29) is 5.60 Å². The van der Waals surface area contributed by atoms with Crippen LogP contribution in [0.4, 0.5) is 0 Å². The van der Waals surface area contributed by atoms with Gasteiger partial charge in [0.2, 0.25) is 0 Å². The minimum absolute atomic E-state index is 0.00189. The van der Waals surface area contributed by atoms with Gasteiger partial charge in [-0.2, -0.15) is 0 Å². The van der Waals surface area contributed by atoms with E-state index in [2.05, 4.69) is 37.6 Å². The van der Waals surface area contributed by atoms with Gasteiger partial charge < -0.3 is 14.5 Å². The van der Waals surface area contributed by atoms with Crippen molar-refractivity contribution < 1.29 is 4.74 Å². The summed E-state index contributed by atoms with van der Waals surface area (Å²) in [5, 5.41) is 0. The first-order valence-electron chi connectivity index (χ1n) is 6.45. The zero-order valence-electron chi connectivity index (χ0n) is 11.6. The molecule has 1 saturated heterocycles. The summed E-state index contributed by atoms with van der Waals surface area (Å²) in [6, 6.07) is 0.